The molecule has 0 spiro atoms. The van der Waals surface area contributed by atoms with E-state index >= 15 is 0 Å². The second-order valence-electron chi connectivity index (χ2n) is 6.57. The molecule has 0 fully saturated rings. The number of fused-ring (bicyclic) bond motifs is 1. The molecule has 0 aliphatic carbocycles. The average molecular weight is 499 g/mol. The van der Waals surface area contributed by atoms with E-state index in [1.807, 2.05) is 36.4 Å². The Morgan fingerprint density at radius 3 is 2.74 bits per heavy atom. The maximum Gasteiger partial charge on any atom is 0.281 e. The van der Waals surface area contributed by atoms with E-state index in [9.17, 15) is 4.79 Å². The number of rotatable bonds is 6. The third-order valence-electron chi connectivity index (χ3n) is 4.56. The summed E-state index contributed by atoms with van der Waals surface area (Å²) in [5.41, 5.74) is 1.97. The summed E-state index contributed by atoms with van der Waals surface area (Å²) in [5.74, 6) is 1.07. The van der Waals surface area contributed by atoms with Crippen LogP contribution in [0.15, 0.2) is 81.4 Å². The van der Waals surface area contributed by atoms with Gasteiger partial charge in [0, 0.05) is 10.6 Å². The lowest BCUT2D eigenvalue weighted by Crippen LogP contribution is -2.17. The quantitative estimate of drug-likeness (QED) is 0.339. The molecule has 0 unspecified atom stereocenters. The minimum absolute atomic E-state index is 0.243. The summed E-state index contributed by atoms with van der Waals surface area (Å²) in [5, 5.41) is 5.40. The van der Waals surface area contributed by atoms with Crippen LogP contribution in [-0.2, 0) is 6.61 Å². The van der Waals surface area contributed by atoms with Crippen molar-refractivity contribution in [3.05, 3.63) is 98.0 Å². The number of benzene rings is 3. The number of ether oxygens (including phenoxy) is 2. The predicted molar refractivity (Wildman–Crippen MR) is 125 cm³/mol. The van der Waals surface area contributed by atoms with Gasteiger partial charge in [0.2, 0.25) is 0 Å². The Bertz CT molecular complexity index is 1340. The van der Waals surface area contributed by atoms with Crippen molar-refractivity contribution in [2.45, 2.75) is 6.61 Å². The lowest BCUT2D eigenvalue weighted by Gasteiger charge is -2.14. The van der Waals surface area contributed by atoms with E-state index in [0.29, 0.717) is 44.1 Å². The molecule has 0 aliphatic heterocycles. The number of hydrogen-bond donors (Lipinski definition) is 0. The molecule has 0 N–H and O–H groups in total. The summed E-state index contributed by atoms with van der Waals surface area (Å²) in [6, 6.07) is 18.2. The fraction of sp³-hybridized carbons (Fsp3) is 0.0870. The largest absolute Gasteiger partial charge is 0.493 e. The van der Waals surface area contributed by atoms with Crippen LogP contribution in [0.3, 0.4) is 0 Å². The Labute approximate surface area is 191 Å². The van der Waals surface area contributed by atoms with E-state index in [4.69, 9.17) is 21.1 Å². The number of methoxy groups -OCH3 is 1. The second kappa shape index (κ2) is 9.32. The van der Waals surface area contributed by atoms with Crippen molar-refractivity contribution in [1.29, 1.82) is 0 Å². The molecule has 0 aliphatic rings. The standard InChI is InChI=1S/C23H17BrClN3O3/c1-30-21-11-15(10-18(24)22(21)31-13-16-6-2-4-8-19(16)25)12-27-28-14-26-20-9-5-3-7-17(20)23(28)29/h2-12,14H,13H2,1H3/b27-12-. The molecular formula is C23H17BrClN3O3. The molecule has 0 saturated heterocycles. The van der Waals surface area contributed by atoms with E-state index in [1.165, 1.54) is 11.0 Å². The van der Waals surface area contributed by atoms with Crippen LogP contribution in [0.4, 0.5) is 0 Å². The number of halogens is 2. The van der Waals surface area contributed by atoms with E-state index in [-0.39, 0.29) is 5.56 Å². The van der Waals surface area contributed by atoms with E-state index in [0.717, 1.165) is 5.56 Å². The molecule has 0 amide bonds. The van der Waals surface area contributed by atoms with Crippen LogP contribution in [0.1, 0.15) is 11.1 Å². The Morgan fingerprint density at radius 2 is 1.94 bits per heavy atom. The third kappa shape index (κ3) is 4.62. The van der Waals surface area contributed by atoms with Gasteiger partial charge < -0.3 is 9.47 Å². The van der Waals surface area contributed by atoms with Crippen molar-refractivity contribution in [2.24, 2.45) is 5.10 Å². The fourth-order valence-electron chi connectivity index (χ4n) is 2.99. The molecular weight excluding hydrogens is 482 g/mol. The van der Waals surface area contributed by atoms with Gasteiger partial charge in [-0.2, -0.15) is 9.78 Å². The first-order chi connectivity index (χ1) is 15.1. The Hall–Kier alpha value is -3.16. The minimum atomic E-state index is -0.243. The Morgan fingerprint density at radius 1 is 1.16 bits per heavy atom. The van der Waals surface area contributed by atoms with Gasteiger partial charge in [-0.3, -0.25) is 4.79 Å². The highest BCUT2D eigenvalue weighted by Gasteiger charge is 2.12. The molecule has 0 bridgehead atoms. The van der Waals surface area contributed by atoms with Crippen LogP contribution in [-0.4, -0.2) is 23.0 Å². The minimum Gasteiger partial charge on any atom is -0.493 e. The maximum atomic E-state index is 12.6. The van der Waals surface area contributed by atoms with Gasteiger partial charge in [0.05, 0.1) is 28.7 Å². The van der Waals surface area contributed by atoms with Crippen LogP contribution >= 0.6 is 27.5 Å². The van der Waals surface area contributed by atoms with Crippen molar-refractivity contribution < 1.29 is 9.47 Å². The molecule has 4 rings (SSSR count). The summed E-state index contributed by atoms with van der Waals surface area (Å²) in [7, 11) is 1.56. The predicted octanol–water partition coefficient (Wildman–Crippen LogP) is 5.28. The zero-order chi connectivity index (χ0) is 21.8. The Balaban J connectivity index is 1.60. The van der Waals surface area contributed by atoms with Gasteiger partial charge in [-0.15, -0.1) is 0 Å². The first-order valence-corrected chi connectivity index (χ1v) is 10.5. The van der Waals surface area contributed by atoms with E-state index in [1.54, 1.807) is 37.6 Å². The molecule has 4 aromatic rings. The van der Waals surface area contributed by atoms with Crippen LogP contribution in [0.25, 0.3) is 10.9 Å². The maximum absolute atomic E-state index is 12.6. The second-order valence-corrected chi connectivity index (χ2v) is 7.83. The number of nitrogens with zero attached hydrogens (tertiary/aromatic N) is 3. The van der Waals surface area contributed by atoms with Gasteiger partial charge in [0.25, 0.3) is 5.56 Å². The number of hydrogen-bond acceptors (Lipinski definition) is 5. The highest BCUT2D eigenvalue weighted by molar-refractivity contribution is 9.10. The molecule has 0 saturated carbocycles. The first-order valence-electron chi connectivity index (χ1n) is 9.31. The molecule has 1 aromatic heterocycles. The van der Waals surface area contributed by atoms with Gasteiger partial charge in [-0.25, -0.2) is 4.98 Å². The average Bonchev–Trinajstić information content (AvgIpc) is 2.78. The van der Waals surface area contributed by atoms with Crippen LogP contribution in [0.2, 0.25) is 5.02 Å². The van der Waals surface area contributed by atoms with Crippen LogP contribution < -0.4 is 15.0 Å². The van der Waals surface area contributed by atoms with Crippen molar-refractivity contribution in [3.8, 4) is 11.5 Å². The lowest BCUT2D eigenvalue weighted by molar-refractivity contribution is 0.282. The van der Waals surface area contributed by atoms with Gasteiger partial charge in [-0.1, -0.05) is 41.9 Å². The smallest absolute Gasteiger partial charge is 0.281 e. The number of para-hydroxylation sites is 1. The first kappa shape index (κ1) is 21.1. The summed E-state index contributed by atoms with van der Waals surface area (Å²) < 4.78 is 13.3. The summed E-state index contributed by atoms with van der Waals surface area (Å²) in [4.78, 5) is 16.9. The third-order valence-corrected chi connectivity index (χ3v) is 5.52. The zero-order valence-electron chi connectivity index (χ0n) is 16.5. The highest BCUT2D eigenvalue weighted by atomic mass is 79.9. The summed E-state index contributed by atoms with van der Waals surface area (Å²) >= 11 is 9.73. The lowest BCUT2D eigenvalue weighted by atomic mass is 10.2. The van der Waals surface area contributed by atoms with E-state index < -0.39 is 0 Å². The Kier molecular flexibility index (Phi) is 6.34. The monoisotopic (exact) mass is 497 g/mol. The normalized spacial score (nSPS) is 11.2. The number of aromatic nitrogens is 2. The molecule has 8 heteroatoms. The molecule has 31 heavy (non-hydrogen) atoms. The zero-order valence-corrected chi connectivity index (χ0v) is 18.8. The van der Waals surface area contributed by atoms with Crippen molar-refractivity contribution in [2.75, 3.05) is 7.11 Å². The van der Waals surface area contributed by atoms with Gasteiger partial charge >= 0.3 is 0 Å². The molecule has 0 radical (unpaired) electrons. The van der Waals surface area contributed by atoms with E-state index in [2.05, 4.69) is 26.0 Å². The van der Waals surface area contributed by atoms with Crippen molar-refractivity contribution in [3.63, 3.8) is 0 Å². The molecule has 0 atom stereocenters. The highest BCUT2D eigenvalue weighted by Crippen LogP contribution is 2.37. The topological polar surface area (TPSA) is 65.7 Å². The molecule has 1 heterocycles. The molecule has 3 aromatic carbocycles. The van der Waals surface area contributed by atoms with Crippen LogP contribution in [0, 0.1) is 0 Å². The summed E-state index contributed by atoms with van der Waals surface area (Å²) in [6.07, 6.45) is 2.96. The molecule has 156 valence electrons. The van der Waals surface area contributed by atoms with Crippen LogP contribution in [0.5, 0.6) is 11.5 Å². The van der Waals surface area contributed by atoms with Gasteiger partial charge in [0.15, 0.2) is 11.5 Å². The van der Waals surface area contributed by atoms with Gasteiger partial charge in [0.1, 0.15) is 12.9 Å². The van der Waals surface area contributed by atoms with Gasteiger partial charge in [-0.05, 0) is 51.8 Å². The molecule has 6 nitrogen and oxygen atoms in total. The van der Waals surface area contributed by atoms with Crippen molar-refractivity contribution >= 4 is 44.6 Å². The van der Waals surface area contributed by atoms with Crippen molar-refractivity contribution in [1.82, 2.24) is 9.66 Å². The fourth-order valence-corrected chi connectivity index (χ4v) is 3.76. The SMILES string of the molecule is COc1cc(/C=N\n2cnc3ccccc3c2=O)cc(Br)c1OCc1ccccc1Cl. The summed E-state index contributed by atoms with van der Waals surface area (Å²) in [6.45, 7) is 0.292.